The van der Waals surface area contributed by atoms with Crippen molar-refractivity contribution in [2.45, 2.75) is 32.3 Å². The lowest BCUT2D eigenvalue weighted by Gasteiger charge is -2.32. The Balaban J connectivity index is 1.51. The molecule has 1 atom stereocenters. The summed E-state index contributed by atoms with van der Waals surface area (Å²) in [6.07, 6.45) is 5.81. The molecule has 7 heteroatoms. The number of hydrogen-bond donors (Lipinski definition) is 2. The van der Waals surface area contributed by atoms with Gasteiger partial charge in [0.25, 0.3) is 5.91 Å². The van der Waals surface area contributed by atoms with E-state index in [2.05, 4.69) is 38.3 Å². The lowest BCUT2D eigenvalue weighted by Crippen LogP contribution is -2.35. The Morgan fingerprint density at radius 3 is 2.85 bits per heavy atom. The number of H-pyrrole nitrogens is 1. The SMILES string of the molecule is COC1C(=C=O)C(N2CCCCc3ccccc32)=CC=C1C(=O)Nc1cccc2[nH]c(C)nc12. The van der Waals surface area contributed by atoms with E-state index in [0.717, 1.165) is 48.5 Å². The molecule has 0 spiro atoms. The fraction of sp³-hybridized carbons (Fsp3) is 0.259. The normalized spacial score (nSPS) is 18.0. The van der Waals surface area contributed by atoms with Gasteiger partial charge in [0, 0.05) is 19.3 Å². The van der Waals surface area contributed by atoms with Gasteiger partial charge < -0.3 is 19.9 Å². The third kappa shape index (κ3) is 3.85. The Kier molecular flexibility index (Phi) is 5.88. The van der Waals surface area contributed by atoms with Gasteiger partial charge in [0.15, 0.2) is 0 Å². The maximum atomic E-state index is 13.3. The number of benzene rings is 2. The highest BCUT2D eigenvalue weighted by molar-refractivity contribution is 6.09. The summed E-state index contributed by atoms with van der Waals surface area (Å²) >= 11 is 0. The summed E-state index contributed by atoms with van der Waals surface area (Å²) in [5.74, 6) is 2.49. The number of carbonyl (C=O) groups is 1. The van der Waals surface area contributed by atoms with Crippen molar-refractivity contribution in [3.05, 3.63) is 82.8 Å². The molecular formula is C27H26N4O3. The number of carbonyl (C=O) groups excluding carboxylic acids is 2. The number of amides is 1. The van der Waals surface area contributed by atoms with E-state index in [1.54, 1.807) is 12.1 Å². The highest BCUT2D eigenvalue weighted by Crippen LogP contribution is 2.36. The maximum Gasteiger partial charge on any atom is 0.254 e. The van der Waals surface area contributed by atoms with Gasteiger partial charge in [-0.1, -0.05) is 24.3 Å². The van der Waals surface area contributed by atoms with E-state index in [1.165, 1.54) is 12.7 Å². The topological polar surface area (TPSA) is 87.3 Å². The number of imidazole rings is 1. The van der Waals surface area contributed by atoms with Crippen LogP contribution in [0.2, 0.25) is 0 Å². The molecule has 0 fully saturated rings. The first-order chi connectivity index (χ1) is 16.6. The van der Waals surface area contributed by atoms with E-state index in [9.17, 15) is 9.59 Å². The number of rotatable bonds is 4. The van der Waals surface area contributed by atoms with Crippen molar-refractivity contribution in [1.29, 1.82) is 0 Å². The predicted molar refractivity (Wildman–Crippen MR) is 132 cm³/mol. The van der Waals surface area contributed by atoms with Gasteiger partial charge in [0.2, 0.25) is 0 Å². The standard InChI is InChI=1S/C27H26N4O3/c1-17-28-21-10-7-11-22(25(21)29-17)30-27(33)19-13-14-24(20(16-32)26(19)34-2)31-15-6-5-9-18-8-3-4-12-23(18)31/h3-4,7-8,10-14,26H,5-6,9,15H2,1-2H3,(H,28,29)(H,30,33). The molecule has 2 N–H and O–H groups in total. The second-order valence-electron chi connectivity index (χ2n) is 8.52. The minimum atomic E-state index is -0.826. The number of ether oxygens (including phenoxy) is 1. The molecule has 1 aliphatic carbocycles. The third-order valence-corrected chi connectivity index (χ3v) is 6.38. The average Bonchev–Trinajstić information content (AvgIpc) is 3.11. The van der Waals surface area contributed by atoms with Crippen molar-refractivity contribution < 1.29 is 14.3 Å². The maximum absolute atomic E-state index is 13.3. The molecule has 0 bridgehead atoms. The Hall–Kier alpha value is -3.93. The summed E-state index contributed by atoms with van der Waals surface area (Å²) in [5.41, 5.74) is 5.82. The molecule has 34 heavy (non-hydrogen) atoms. The van der Waals surface area contributed by atoms with E-state index in [1.807, 2.05) is 37.3 Å². The van der Waals surface area contributed by atoms with Crippen LogP contribution < -0.4 is 10.2 Å². The van der Waals surface area contributed by atoms with Gasteiger partial charge in [-0.3, -0.25) is 4.79 Å². The molecule has 0 saturated carbocycles. The van der Waals surface area contributed by atoms with Crippen molar-refractivity contribution in [2.75, 3.05) is 23.9 Å². The fourth-order valence-electron chi connectivity index (χ4n) is 4.81. The van der Waals surface area contributed by atoms with Crippen LogP contribution in [0.15, 0.2) is 71.5 Å². The van der Waals surface area contributed by atoms with Crippen molar-refractivity contribution in [1.82, 2.24) is 9.97 Å². The van der Waals surface area contributed by atoms with Gasteiger partial charge in [0.05, 0.1) is 28.0 Å². The van der Waals surface area contributed by atoms with E-state index < -0.39 is 6.10 Å². The molecule has 1 aromatic heterocycles. The number of fused-ring (bicyclic) bond motifs is 2. The van der Waals surface area contributed by atoms with E-state index in [-0.39, 0.29) is 5.91 Å². The zero-order chi connectivity index (χ0) is 23.7. The number of aryl methyl sites for hydroxylation is 2. The first-order valence-electron chi connectivity index (χ1n) is 11.4. The van der Waals surface area contributed by atoms with E-state index in [4.69, 9.17) is 4.74 Å². The summed E-state index contributed by atoms with van der Waals surface area (Å²) < 4.78 is 5.68. The lowest BCUT2D eigenvalue weighted by molar-refractivity contribution is -0.113. The van der Waals surface area contributed by atoms with Crippen LogP contribution in [0.4, 0.5) is 11.4 Å². The van der Waals surface area contributed by atoms with Gasteiger partial charge in [0.1, 0.15) is 23.4 Å². The molecular weight excluding hydrogens is 428 g/mol. The summed E-state index contributed by atoms with van der Waals surface area (Å²) in [4.78, 5) is 35.3. The van der Waals surface area contributed by atoms with Crippen LogP contribution in [-0.4, -0.2) is 41.6 Å². The van der Waals surface area contributed by atoms with Gasteiger partial charge in [-0.2, -0.15) is 0 Å². The average molecular weight is 455 g/mol. The number of allylic oxidation sites excluding steroid dienone is 2. The smallest absolute Gasteiger partial charge is 0.254 e. The van der Waals surface area contributed by atoms with Gasteiger partial charge in [-0.15, -0.1) is 0 Å². The molecule has 7 nitrogen and oxygen atoms in total. The van der Waals surface area contributed by atoms with Crippen LogP contribution in [0.25, 0.3) is 11.0 Å². The molecule has 1 aliphatic heterocycles. The van der Waals surface area contributed by atoms with Crippen molar-refractivity contribution in [3.63, 3.8) is 0 Å². The van der Waals surface area contributed by atoms with Gasteiger partial charge in [-0.25, -0.2) is 9.78 Å². The monoisotopic (exact) mass is 454 g/mol. The number of aromatic amines is 1. The highest BCUT2D eigenvalue weighted by atomic mass is 16.5. The van der Waals surface area contributed by atoms with Crippen molar-refractivity contribution in [2.24, 2.45) is 0 Å². The van der Waals surface area contributed by atoms with Gasteiger partial charge >= 0.3 is 0 Å². The Labute approximate surface area is 197 Å². The molecule has 1 amide bonds. The zero-order valence-corrected chi connectivity index (χ0v) is 19.2. The number of hydrogen-bond acceptors (Lipinski definition) is 5. The first-order valence-corrected chi connectivity index (χ1v) is 11.4. The molecule has 2 aromatic carbocycles. The number of nitrogens with one attached hydrogen (secondary N) is 2. The summed E-state index contributed by atoms with van der Waals surface area (Å²) in [6.45, 7) is 2.64. The minimum Gasteiger partial charge on any atom is -0.371 e. The molecule has 172 valence electrons. The van der Waals surface area contributed by atoms with Crippen molar-refractivity contribution >= 4 is 34.3 Å². The summed E-state index contributed by atoms with van der Waals surface area (Å²) in [6, 6.07) is 13.8. The van der Waals surface area contributed by atoms with Crippen LogP contribution in [0.3, 0.4) is 0 Å². The Morgan fingerprint density at radius 1 is 1.18 bits per heavy atom. The Morgan fingerprint density at radius 2 is 2.03 bits per heavy atom. The molecule has 3 aromatic rings. The molecule has 0 saturated heterocycles. The Bertz CT molecular complexity index is 1380. The number of anilines is 2. The van der Waals surface area contributed by atoms with Gasteiger partial charge in [-0.05, 0) is 62.1 Å². The summed E-state index contributed by atoms with van der Waals surface area (Å²) in [7, 11) is 1.50. The van der Waals surface area contributed by atoms with Crippen molar-refractivity contribution in [3.8, 4) is 0 Å². The summed E-state index contributed by atoms with van der Waals surface area (Å²) in [5, 5.41) is 2.94. The lowest BCUT2D eigenvalue weighted by atomic mass is 9.92. The third-order valence-electron chi connectivity index (χ3n) is 6.38. The number of para-hydroxylation sites is 2. The molecule has 2 aliphatic rings. The first kappa shape index (κ1) is 21.9. The van der Waals surface area contributed by atoms with E-state index in [0.29, 0.717) is 22.4 Å². The molecule has 2 heterocycles. The fourth-order valence-corrected chi connectivity index (χ4v) is 4.81. The van der Waals surface area contributed by atoms with Crippen LogP contribution >= 0.6 is 0 Å². The highest BCUT2D eigenvalue weighted by Gasteiger charge is 2.34. The molecule has 5 rings (SSSR count). The zero-order valence-electron chi connectivity index (χ0n) is 19.2. The largest absolute Gasteiger partial charge is 0.371 e. The van der Waals surface area contributed by atoms with Crippen LogP contribution in [0, 0.1) is 6.92 Å². The van der Waals surface area contributed by atoms with Crippen LogP contribution in [0.5, 0.6) is 0 Å². The quantitative estimate of drug-likeness (QED) is 0.576. The van der Waals surface area contributed by atoms with Crippen LogP contribution in [0.1, 0.15) is 24.2 Å². The predicted octanol–water partition coefficient (Wildman–Crippen LogP) is 4.25. The second-order valence-corrected chi connectivity index (χ2v) is 8.52. The second kappa shape index (κ2) is 9.14. The number of nitrogens with zero attached hydrogens (tertiary/aromatic N) is 2. The van der Waals surface area contributed by atoms with Crippen LogP contribution in [-0.2, 0) is 20.7 Å². The number of methoxy groups -OCH3 is 1. The minimum absolute atomic E-state index is 0.320. The number of aromatic nitrogens is 2. The molecule has 0 radical (unpaired) electrons. The van der Waals surface area contributed by atoms with E-state index >= 15 is 0 Å². The molecule has 1 unspecified atom stereocenters.